The number of nitrogens with one attached hydrogen (secondary N) is 1. The molecule has 1 N–H and O–H groups in total. The van der Waals surface area contributed by atoms with Crippen LogP contribution < -0.4 is 10.1 Å². The predicted octanol–water partition coefficient (Wildman–Crippen LogP) is 3.86. The van der Waals surface area contributed by atoms with Gasteiger partial charge in [-0.2, -0.15) is 13.2 Å². The van der Waals surface area contributed by atoms with Gasteiger partial charge >= 0.3 is 6.18 Å². The van der Waals surface area contributed by atoms with Crippen LogP contribution in [0.3, 0.4) is 0 Å². The average molecular weight is 381 g/mol. The number of rotatable bonds is 7. The molecule has 0 spiro atoms. The second kappa shape index (κ2) is 8.68. The molecule has 2 aromatic carbocycles. The van der Waals surface area contributed by atoms with Gasteiger partial charge in [0.1, 0.15) is 12.4 Å². The first kappa shape index (κ1) is 20.4. The van der Waals surface area contributed by atoms with Crippen LogP contribution in [0.15, 0.2) is 42.5 Å². The zero-order valence-electron chi connectivity index (χ0n) is 14.7. The number of methoxy groups -OCH3 is 1. The molecule has 0 bridgehead atoms. The fraction of sp³-hybridized carbons (Fsp3) is 0.263. The van der Waals surface area contributed by atoms with E-state index in [9.17, 15) is 22.8 Å². The Morgan fingerprint density at radius 1 is 1.04 bits per heavy atom. The second-order valence-electron chi connectivity index (χ2n) is 5.70. The first-order valence-electron chi connectivity index (χ1n) is 7.97. The van der Waals surface area contributed by atoms with E-state index in [2.05, 4.69) is 5.32 Å². The Morgan fingerprint density at radius 2 is 1.70 bits per heavy atom. The van der Waals surface area contributed by atoms with Crippen molar-refractivity contribution in [3.8, 4) is 5.75 Å². The molecule has 0 saturated heterocycles. The summed E-state index contributed by atoms with van der Waals surface area (Å²) in [5.74, 6) is -1.92. The molecule has 0 unspecified atom stereocenters. The lowest BCUT2D eigenvalue weighted by molar-refractivity contribution is -0.137. The topological polar surface area (TPSA) is 64.6 Å². The number of alkyl halides is 3. The number of halogens is 3. The van der Waals surface area contributed by atoms with Crippen molar-refractivity contribution in [2.24, 2.45) is 0 Å². The highest BCUT2D eigenvalue weighted by Crippen LogP contribution is 2.35. The van der Waals surface area contributed by atoms with Gasteiger partial charge in [-0.3, -0.25) is 9.59 Å². The summed E-state index contributed by atoms with van der Waals surface area (Å²) >= 11 is 0. The van der Waals surface area contributed by atoms with Crippen molar-refractivity contribution in [2.45, 2.75) is 13.1 Å². The lowest BCUT2D eigenvalue weighted by Gasteiger charge is -2.15. The number of Topliss-reactive ketones (excluding diaryl/α,β-unsaturated/α-hetero) is 1. The molecule has 0 aliphatic rings. The zero-order valence-corrected chi connectivity index (χ0v) is 14.7. The highest BCUT2D eigenvalue weighted by Gasteiger charge is 2.31. The standard InChI is InChI=1S/C19H18F3NO4/c1-12-3-5-13(6-4-12)17(24)18(25)23-15-11-14(19(20,21)22)7-8-16(15)27-10-9-26-2/h3-8,11H,9-10H2,1-2H3,(H,23,25). The van der Waals surface area contributed by atoms with Crippen LogP contribution in [0.2, 0.25) is 0 Å². The molecule has 0 atom stereocenters. The summed E-state index contributed by atoms with van der Waals surface area (Å²) in [6, 6.07) is 8.90. The Bertz CT molecular complexity index is 817. The minimum absolute atomic E-state index is 0.00473. The van der Waals surface area contributed by atoms with E-state index >= 15 is 0 Å². The maximum Gasteiger partial charge on any atom is 0.416 e. The van der Waals surface area contributed by atoms with Crippen molar-refractivity contribution in [1.82, 2.24) is 0 Å². The van der Waals surface area contributed by atoms with E-state index < -0.39 is 23.4 Å². The monoisotopic (exact) mass is 381 g/mol. The van der Waals surface area contributed by atoms with Crippen LogP contribution in [0.1, 0.15) is 21.5 Å². The first-order valence-corrected chi connectivity index (χ1v) is 7.97. The van der Waals surface area contributed by atoms with Crippen molar-refractivity contribution < 1.29 is 32.2 Å². The summed E-state index contributed by atoms with van der Waals surface area (Å²) < 4.78 is 49.0. The minimum Gasteiger partial charge on any atom is -0.489 e. The van der Waals surface area contributed by atoms with Gasteiger partial charge in [0.05, 0.1) is 17.9 Å². The summed E-state index contributed by atoms with van der Waals surface area (Å²) in [6.07, 6.45) is -4.61. The maximum absolute atomic E-state index is 13.0. The third-order valence-corrected chi connectivity index (χ3v) is 3.62. The maximum atomic E-state index is 13.0. The number of carbonyl (C=O) groups excluding carboxylic acids is 2. The summed E-state index contributed by atoms with van der Waals surface area (Å²) in [5.41, 5.74) is -0.184. The van der Waals surface area contributed by atoms with Crippen molar-refractivity contribution in [2.75, 3.05) is 25.6 Å². The Morgan fingerprint density at radius 3 is 2.30 bits per heavy atom. The van der Waals surface area contributed by atoms with Gasteiger partial charge < -0.3 is 14.8 Å². The Kier molecular flexibility index (Phi) is 6.57. The van der Waals surface area contributed by atoms with Crippen molar-refractivity contribution in [3.63, 3.8) is 0 Å². The molecule has 0 aliphatic carbocycles. The molecule has 5 nitrogen and oxygen atoms in total. The van der Waals surface area contributed by atoms with E-state index in [4.69, 9.17) is 9.47 Å². The Labute approximate surface area is 154 Å². The lowest BCUT2D eigenvalue weighted by Crippen LogP contribution is -2.23. The molecule has 0 heterocycles. The van der Waals surface area contributed by atoms with Gasteiger partial charge in [0.15, 0.2) is 0 Å². The number of carbonyl (C=O) groups is 2. The van der Waals surface area contributed by atoms with Crippen molar-refractivity contribution >= 4 is 17.4 Å². The van der Waals surface area contributed by atoms with E-state index in [1.54, 1.807) is 12.1 Å². The van der Waals surface area contributed by atoms with Gasteiger partial charge in [0, 0.05) is 12.7 Å². The fourth-order valence-electron chi connectivity index (χ4n) is 2.18. The molecule has 8 heteroatoms. The van der Waals surface area contributed by atoms with Gasteiger partial charge in [-0.15, -0.1) is 0 Å². The molecule has 0 radical (unpaired) electrons. The smallest absolute Gasteiger partial charge is 0.416 e. The number of benzene rings is 2. The fourth-order valence-corrected chi connectivity index (χ4v) is 2.18. The Hall–Kier alpha value is -2.87. The third-order valence-electron chi connectivity index (χ3n) is 3.62. The Balaban J connectivity index is 2.26. The van der Waals surface area contributed by atoms with Crippen LogP contribution in [-0.2, 0) is 15.7 Å². The quantitative estimate of drug-likeness (QED) is 0.449. The van der Waals surface area contributed by atoms with E-state index in [0.717, 1.165) is 23.8 Å². The minimum atomic E-state index is -4.61. The number of anilines is 1. The highest BCUT2D eigenvalue weighted by atomic mass is 19.4. The van der Waals surface area contributed by atoms with Crippen LogP contribution in [0, 0.1) is 6.92 Å². The predicted molar refractivity (Wildman–Crippen MR) is 93.0 cm³/mol. The van der Waals surface area contributed by atoms with Crippen LogP contribution in [-0.4, -0.2) is 32.0 Å². The molecule has 1 amide bonds. The van der Waals surface area contributed by atoms with Crippen LogP contribution >= 0.6 is 0 Å². The van der Waals surface area contributed by atoms with Gasteiger partial charge in [-0.05, 0) is 25.1 Å². The molecule has 2 rings (SSSR count). The number of hydrogen-bond acceptors (Lipinski definition) is 4. The third kappa shape index (κ3) is 5.55. The second-order valence-corrected chi connectivity index (χ2v) is 5.70. The lowest BCUT2D eigenvalue weighted by atomic mass is 10.1. The summed E-state index contributed by atoms with van der Waals surface area (Å²) in [5, 5.41) is 2.21. The molecule has 0 saturated carbocycles. The van der Waals surface area contributed by atoms with E-state index in [0.29, 0.717) is 0 Å². The molecule has 0 aromatic heterocycles. The summed E-state index contributed by atoms with van der Waals surface area (Å²) in [4.78, 5) is 24.4. The van der Waals surface area contributed by atoms with Crippen LogP contribution in [0.25, 0.3) is 0 Å². The average Bonchev–Trinajstić information content (AvgIpc) is 2.62. The van der Waals surface area contributed by atoms with Crippen LogP contribution in [0.4, 0.5) is 18.9 Å². The van der Waals surface area contributed by atoms with E-state index in [1.807, 2.05) is 6.92 Å². The highest BCUT2D eigenvalue weighted by molar-refractivity contribution is 6.46. The van der Waals surface area contributed by atoms with Gasteiger partial charge in [0.2, 0.25) is 0 Å². The number of amides is 1. The molecular formula is C19H18F3NO4. The number of hydrogen-bond donors (Lipinski definition) is 1. The SMILES string of the molecule is COCCOc1ccc(C(F)(F)F)cc1NC(=O)C(=O)c1ccc(C)cc1. The van der Waals surface area contributed by atoms with Gasteiger partial charge in [-0.1, -0.05) is 29.8 Å². The zero-order chi connectivity index (χ0) is 20.0. The van der Waals surface area contributed by atoms with Gasteiger partial charge in [0.25, 0.3) is 11.7 Å². The molecule has 144 valence electrons. The largest absolute Gasteiger partial charge is 0.489 e. The molecular weight excluding hydrogens is 363 g/mol. The number of aryl methyl sites for hydroxylation is 1. The summed E-state index contributed by atoms with van der Waals surface area (Å²) in [7, 11) is 1.44. The first-order chi connectivity index (χ1) is 12.7. The van der Waals surface area contributed by atoms with Crippen LogP contribution in [0.5, 0.6) is 5.75 Å². The number of ether oxygens (including phenoxy) is 2. The molecule has 27 heavy (non-hydrogen) atoms. The number of ketones is 1. The van der Waals surface area contributed by atoms with Crippen molar-refractivity contribution in [1.29, 1.82) is 0 Å². The van der Waals surface area contributed by atoms with Gasteiger partial charge in [-0.25, -0.2) is 0 Å². The molecule has 2 aromatic rings. The van der Waals surface area contributed by atoms with E-state index in [-0.39, 0.29) is 30.2 Å². The van der Waals surface area contributed by atoms with E-state index in [1.165, 1.54) is 19.2 Å². The van der Waals surface area contributed by atoms with Crippen molar-refractivity contribution in [3.05, 3.63) is 59.2 Å². The summed E-state index contributed by atoms with van der Waals surface area (Å²) in [6.45, 7) is 2.09. The molecule has 0 fully saturated rings. The molecule has 0 aliphatic heterocycles. The normalized spacial score (nSPS) is 11.1.